The molecule has 0 aromatic rings. The summed E-state index contributed by atoms with van der Waals surface area (Å²) in [5, 5.41) is 0. The van der Waals surface area contributed by atoms with Gasteiger partial charge in [-0.15, -0.1) is 0 Å². The Balaban J connectivity index is 4.24. The molecule has 0 fully saturated rings. The van der Waals surface area contributed by atoms with E-state index in [1.54, 1.807) is 0 Å². The maximum absolute atomic E-state index is 12.9. The first kappa shape index (κ1) is 72.1. The number of ether oxygens (including phenoxy) is 3. The molecule has 0 saturated heterocycles. The van der Waals surface area contributed by atoms with E-state index in [1.807, 2.05) is 0 Å². The Kier molecular flexibility index (Phi) is 61.2. The second-order valence-corrected chi connectivity index (χ2v) is 22.0. The van der Waals surface area contributed by atoms with Gasteiger partial charge < -0.3 is 14.2 Å². The summed E-state index contributed by atoms with van der Waals surface area (Å²) in [5.74, 6) is -0.881. The predicted octanol–water partition coefficient (Wildman–Crippen LogP) is 22.3. The van der Waals surface area contributed by atoms with Gasteiger partial charge in [0, 0.05) is 19.3 Å². The van der Waals surface area contributed by atoms with Crippen LogP contribution in [0.4, 0.5) is 0 Å². The lowest BCUT2D eigenvalue weighted by Gasteiger charge is -2.18. The van der Waals surface area contributed by atoms with Crippen LogP contribution in [0.2, 0.25) is 0 Å². The van der Waals surface area contributed by atoms with Crippen molar-refractivity contribution in [3.05, 3.63) is 60.8 Å². The Morgan fingerprint density at radius 3 is 0.800 bits per heavy atom. The Morgan fingerprint density at radius 2 is 0.507 bits per heavy atom. The quantitative estimate of drug-likeness (QED) is 0.0261. The number of unbranched alkanes of at least 4 members (excludes halogenated alkanes) is 39. The van der Waals surface area contributed by atoms with Gasteiger partial charge in [-0.3, -0.25) is 14.4 Å². The van der Waals surface area contributed by atoms with Crippen molar-refractivity contribution in [1.82, 2.24) is 0 Å². The lowest BCUT2D eigenvalue weighted by molar-refractivity contribution is -0.167. The van der Waals surface area contributed by atoms with Gasteiger partial charge in [-0.25, -0.2) is 0 Å². The number of allylic oxidation sites excluding steroid dienone is 10. The van der Waals surface area contributed by atoms with Crippen LogP contribution in [-0.2, 0) is 28.6 Å². The van der Waals surface area contributed by atoms with Crippen molar-refractivity contribution in [2.45, 2.75) is 348 Å². The van der Waals surface area contributed by atoms with Crippen LogP contribution >= 0.6 is 0 Å². The Bertz CT molecular complexity index is 1340. The van der Waals surface area contributed by atoms with E-state index in [2.05, 4.69) is 81.5 Å². The van der Waals surface area contributed by atoms with Gasteiger partial charge in [0.25, 0.3) is 0 Å². The molecule has 0 amide bonds. The lowest BCUT2D eigenvalue weighted by atomic mass is 10.0. The van der Waals surface area contributed by atoms with E-state index in [-0.39, 0.29) is 31.1 Å². The molecule has 1 unspecified atom stereocenters. The molecular weight excluding hydrogens is 925 g/mol. The molecular formula is C69H124O6. The standard InChI is InChI=1S/C69H124O6/c1-4-7-10-13-16-19-22-25-27-29-30-31-32-33-34-35-36-37-38-40-41-44-47-50-53-56-59-62-68(71)74-65-66(64-73-67(70)61-58-55-52-49-46-43-24-21-18-15-12-9-6-3)75-69(72)63-60-57-54-51-48-45-42-39-28-26-23-20-17-14-11-8-5-2/h12,15,21-22,24-26,28-30,66H,4-11,13-14,16-20,23,27,31-65H2,1-3H3/b15-12-,24-21-,25-22-,28-26-,30-29-. The molecule has 0 radical (unpaired) electrons. The van der Waals surface area contributed by atoms with Crippen LogP contribution in [0.5, 0.6) is 0 Å². The molecule has 0 spiro atoms. The average Bonchev–Trinajstić information content (AvgIpc) is 3.41. The van der Waals surface area contributed by atoms with E-state index in [1.165, 1.54) is 212 Å². The molecule has 75 heavy (non-hydrogen) atoms. The minimum atomic E-state index is -0.782. The van der Waals surface area contributed by atoms with Crippen LogP contribution in [0.25, 0.3) is 0 Å². The molecule has 436 valence electrons. The highest BCUT2D eigenvalue weighted by atomic mass is 16.6. The van der Waals surface area contributed by atoms with E-state index < -0.39 is 6.10 Å². The highest BCUT2D eigenvalue weighted by Gasteiger charge is 2.19. The molecule has 0 heterocycles. The molecule has 0 aliphatic heterocycles. The fourth-order valence-corrected chi connectivity index (χ4v) is 9.51. The summed E-state index contributed by atoms with van der Waals surface area (Å²) in [7, 11) is 0. The van der Waals surface area contributed by atoms with Crippen molar-refractivity contribution >= 4 is 17.9 Å². The topological polar surface area (TPSA) is 78.9 Å². The second kappa shape index (κ2) is 63.6. The van der Waals surface area contributed by atoms with Crippen molar-refractivity contribution in [2.75, 3.05) is 13.2 Å². The molecule has 1 atom stereocenters. The van der Waals surface area contributed by atoms with Crippen LogP contribution in [0, 0.1) is 0 Å². The zero-order valence-electron chi connectivity index (χ0n) is 50.1. The molecule has 6 nitrogen and oxygen atoms in total. The fraction of sp³-hybridized carbons (Fsp3) is 0.812. The molecule has 0 saturated carbocycles. The van der Waals surface area contributed by atoms with E-state index in [9.17, 15) is 14.4 Å². The van der Waals surface area contributed by atoms with Gasteiger partial charge >= 0.3 is 17.9 Å². The van der Waals surface area contributed by atoms with Gasteiger partial charge in [-0.2, -0.15) is 0 Å². The van der Waals surface area contributed by atoms with Crippen LogP contribution in [0.1, 0.15) is 342 Å². The minimum Gasteiger partial charge on any atom is -0.462 e. The first-order valence-electron chi connectivity index (χ1n) is 32.8. The summed E-state index contributed by atoms with van der Waals surface area (Å²) in [6.07, 6.45) is 80.9. The Hall–Kier alpha value is -2.89. The number of rotatable bonds is 60. The highest BCUT2D eigenvalue weighted by molar-refractivity contribution is 5.71. The van der Waals surface area contributed by atoms with E-state index in [0.717, 1.165) is 89.9 Å². The molecule has 0 N–H and O–H groups in total. The summed E-state index contributed by atoms with van der Waals surface area (Å²) in [6, 6.07) is 0. The number of carbonyl (C=O) groups excluding carboxylic acids is 3. The third-order valence-corrected chi connectivity index (χ3v) is 14.4. The normalized spacial score (nSPS) is 12.4. The molecule has 6 heteroatoms. The molecule has 0 aromatic heterocycles. The smallest absolute Gasteiger partial charge is 0.306 e. The number of hydrogen-bond acceptors (Lipinski definition) is 6. The third kappa shape index (κ3) is 61.8. The average molecular weight is 1050 g/mol. The number of carbonyl (C=O) groups is 3. The van der Waals surface area contributed by atoms with Crippen LogP contribution < -0.4 is 0 Å². The Morgan fingerprint density at radius 1 is 0.267 bits per heavy atom. The summed E-state index contributed by atoms with van der Waals surface area (Å²) < 4.78 is 16.9. The lowest BCUT2D eigenvalue weighted by Crippen LogP contribution is -2.30. The monoisotopic (exact) mass is 1050 g/mol. The van der Waals surface area contributed by atoms with Crippen molar-refractivity contribution in [2.24, 2.45) is 0 Å². The maximum atomic E-state index is 12.9. The second-order valence-electron chi connectivity index (χ2n) is 22.0. The van der Waals surface area contributed by atoms with Crippen molar-refractivity contribution < 1.29 is 28.6 Å². The summed E-state index contributed by atoms with van der Waals surface area (Å²) >= 11 is 0. The van der Waals surface area contributed by atoms with Crippen LogP contribution in [0.3, 0.4) is 0 Å². The molecule has 0 bridgehead atoms. The van der Waals surface area contributed by atoms with Crippen LogP contribution in [-0.4, -0.2) is 37.2 Å². The van der Waals surface area contributed by atoms with E-state index in [4.69, 9.17) is 14.2 Å². The van der Waals surface area contributed by atoms with Gasteiger partial charge in [-0.05, 0) is 103 Å². The predicted molar refractivity (Wildman–Crippen MR) is 325 cm³/mol. The van der Waals surface area contributed by atoms with Crippen LogP contribution in [0.15, 0.2) is 60.8 Å². The molecule has 0 rings (SSSR count). The van der Waals surface area contributed by atoms with Gasteiger partial charge in [0.1, 0.15) is 13.2 Å². The summed E-state index contributed by atoms with van der Waals surface area (Å²) in [5.41, 5.74) is 0. The Labute approximate surface area is 466 Å². The first-order valence-corrected chi connectivity index (χ1v) is 32.8. The third-order valence-electron chi connectivity index (χ3n) is 14.4. The number of esters is 3. The minimum absolute atomic E-state index is 0.0782. The van der Waals surface area contributed by atoms with Crippen molar-refractivity contribution in [1.29, 1.82) is 0 Å². The molecule has 0 aliphatic rings. The molecule has 0 aromatic carbocycles. The van der Waals surface area contributed by atoms with Gasteiger partial charge in [0.15, 0.2) is 6.10 Å². The van der Waals surface area contributed by atoms with Crippen molar-refractivity contribution in [3.63, 3.8) is 0 Å². The van der Waals surface area contributed by atoms with E-state index >= 15 is 0 Å². The highest BCUT2D eigenvalue weighted by Crippen LogP contribution is 2.17. The fourth-order valence-electron chi connectivity index (χ4n) is 9.51. The van der Waals surface area contributed by atoms with Gasteiger partial charge in [0.05, 0.1) is 0 Å². The molecule has 0 aliphatic carbocycles. The van der Waals surface area contributed by atoms with E-state index in [0.29, 0.717) is 19.3 Å². The summed E-state index contributed by atoms with van der Waals surface area (Å²) in [4.78, 5) is 38.3. The van der Waals surface area contributed by atoms with Gasteiger partial charge in [0.2, 0.25) is 0 Å². The zero-order valence-corrected chi connectivity index (χ0v) is 50.1. The largest absolute Gasteiger partial charge is 0.462 e. The zero-order chi connectivity index (χ0) is 54.3. The van der Waals surface area contributed by atoms with Crippen molar-refractivity contribution in [3.8, 4) is 0 Å². The first-order chi connectivity index (χ1) is 37.0. The maximum Gasteiger partial charge on any atom is 0.306 e. The number of hydrogen-bond donors (Lipinski definition) is 0. The van der Waals surface area contributed by atoms with Gasteiger partial charge in [-0.1, -0.05) is 281 Å². The SMILES string of the molecule is CCC/C=C\C/C=C\CCCCCCCC(=O)OCC(COC(=O)CCCCCCCCCCCCCCCCC/C=C\C/C=C\CCCCCCC)OC(=O)CCCCCCCCC/C=C\CCCCCCCC. The summed E-state index contributed by atoms with van der Waals surface area (Å²) in [6.45, 7) is 6.59.